The van der Waals surface area contributed by atoms with E-state index in [2.05, 4.69) is 16.3 Å². The fraction of sp³-hybridized carbons (Fsp3) is 0. The summed E-state index contributed by atoms with van der Waals surface area (Å²) in [5, 5.41) is 8.54. The van der Waals surface area contributed by atoms with Crippen molar-refractivity contribution < 1.29 is 0 Å². The number of nitrogens with one attached hydrogen (secondary N) is 1. The van der Waals surface area contributed by atoms with Gasteiger partial charge in [-0.1, -0.05) is 0 Å². The topological polar surface area (TPSA) is 28.7 Å². The quantitative estimate of drug-likeness (QED) is 0.659. The van der Waals surface area contributed by atoms with Gasteiger partial charge in [-0.05, 0) is 17.5 Å². The molecule has 49 valence electrons. The molecule has 0 aliphatic rings. The van der Waals surface area contributed by atoms with Gasteiger partial charge in [0.05, 0.1) is 6.20 Å². The van der Waals surface area contributed by atoms with Crippen molar-refractivity contribution in [1.29, 1.82) is 0 Å². The van der Waals surface area contributed by atoms with Gasteiger partial charge in [0.15, 0.2) is 0 Å². The van der Waals surface area contributed by atoms with Crippen LogP contribution >= 0.6 is 11.3 Å². The lowest BCUT2D eigenvalue weighted by Gasteiger charge is -1.83. The molecule has 1 N–H and O–H groups in total. The van der Waals surface area contributed by atoms with E-state index in [-0.39, 0.29) is 0 Å². The molecule has 3 heteroatoms. The summed E-state index contributed by atoms with van der Waals surface area (Å²) in [6, 6.07) is 4.95. The first kappa shape index (κ1) is 5.68. The van der Waals surface area contributed by atoms with E-state index in [4.69, 9.17) is 0 Å². The minimum Gasteiger partial charge on any atom is -0.285 e. The van der Waals surface area contributed by atoms with Gasteiger partial charge in [-0.15, -0.1) is 11.3 Å². The number of rotatable bonds is 1. The van der Waals surface area contributed by atoms with Gasteiger partial charge in [-0.25, -0.2) is 0 Å². The van der Waals surface area contributed by atoms with Crippen LogP contribution in [0.3, 0.4) is 0 Å². The van der Waals surface area contributed by atoms with Crippen LogP contribution in [0.5, 0.6) is 0 Å². The number of nitrogens with zero attached hydrogens (tertiary/aromatic N) is 1. The summed E-state index contributed by atoms with van der Waals surface area (Å²) >= 11 is 1.67. The molecule has 2 rings (SSSR count). The second-order valence-corrected chi connectivity index (χ2v) is 2.81. The van der Waals surface area contributed by atoms with Gasteiger partial charge < -0.3 is 0 Å². The van der Waals surface area contributed by atoms with E-state index in [0.717, 1.165) is 5.56 Å². The number of aromatic amines is 1. The van der Waals surface area contributed by atoms with Gasteiger partial charge in [0.25, 0.3) is 0 Å². The molecule has 0 bridgehead atoms. The Morgan fingerprint density at radius 1 is 1.60 bits per heavy atom. The summed E-state index contributed by atoms with van der Waals surface area (Å²) in [7, 11) is 0. The first-order chi connectivity index (χ1) is 4.97. The summed E-state index contributed by atoms with van der Waals surface area (Å²) in [5.74, 6) is 0. The monoisotopic (exact) mass is 149 g/mol. The van der Waals surface area contributed by atoms with Crippen molar-refractivity contribution in [3.05, 3.63) is 29.9 Å². The molecule has 0 fully saturated rings. The molecule has 0 aliphatic carbocycles. The highest BCUT2D eigenvalue weighted by atomic mass is 32.1. The highest BCUT2D eigenvalue weighted by Crippen LogP contribution is 2.21. The predicted molar refractivity (Wildman–Crippen MR) is 40.7 cm³/mol. The van der Waals surface area contributed by atoms with Crippen LogP contribution in [-0.4, -0.2) is 10.2 Å². The SMILES string of the molecule is [c]1csc(-c2cn[nH]c2)c1. The number of H-pyrrole nitrogens is 1. The van der Waals surface area contributed by atoms with Crippen LogP contribution in [0.15, 0.2) is 23.8 Å². The minimum atomic E-state index is 1.13. The summed E-state index contributed by atoms with van der Waals surface area (Å²) in [4.78, 5) is 1.20. The molecule has 2 aromatic rings. The molecule has 0 atom stereocenters. The number of thiophene rings is 1. The Labute approximate surface area is 62.5 Å². The van der Waals surface area contributed by atoms with Crippen LogP contribution < -0.4 is 0 Å². The Morgan fingerprint density at radius 3 is 3.20 bits per heavy atom. The van der Waals surface area contributed by atoms with E-state index in [1.54, 1.807) is 17.5 Å². The van der Waals surface area contributed by atoms with Crippen LogP contribution in [0.4, 0.5) is 0 Å². The molecule has 0 aromatic carbocycles. The smallest absolute Gasteiger partial charge is 0.0573 e. The number of hydrogen-bond acceptors (Lipinski definition) is 2. The maximum atomic E-state index is 3.85. The lowest BCUT2D eigenvalue weighted by molar-refractivity contribution is 1.09. The molecule has 2 heterocycles. The molecule has 0 amide bonds. The molecule has 2 aromatic heterocycles. The maximum absolute atomic E-state index is 3.85. The lowest BCUT2D eigenvalue weighted by Crippen LogP contribution is -1.59. The first-order valence-corrected chi connectivity index (χ1v) is 3.78. The molecule has 0 unspecified atom stereocenters. The predicted octanol–water partition coefficient (Wildman–Crippen LogP) is 1.94. The molecule has 0 saturated heterocycles. The molecule has 1 radical (unpaired) electrons. The Bertz CT molecular complexity index is 251. The Morgan fingerprint density at radius 2 is 2.60 bits per heavy atom. The Balaban J connectivity index is 2.48. The van der Waals surface area contributed by atoms with Crippen molar-refractivity contribution in [3.63, 3.8) is 0 Å². The van der Waals surface area contributed by atoms with Crippen LogP contribution in [-0.2, 0) is 0 Å². The zero-order valence-electron chi connectivity index (χ0n) is 5.16. The fourth-order valence-corrected chi connectivity index (χ4v) is 1.43. The molecule has 0 saturated carbocycles. The van der Waals surface area contributed by atoms with E-state index in [9.17, 15) is 0 Å². The molecular weight excluding hydrogens is 144 g/mol. The number of aromatic nitrogens is 2. The largest absolute Gasteiger partial charge is 0.285 e. The van der Waals surface area contributed by atoms with Crippen molar-refractivity contribution >= 4 is 11.3 Å². The molecule has 0 aliphatic heterocycles. The molecule has 10 heavy (non-hydrogen) atoms. The van der Waals surface area contributed by atoms with Crippen molar-refractivity contribution in [2.75, 3.05) is 0 Å². The van der Waals surface area contributed by atoms with E-state index in [0.29, 0.717) is 0 Å². The van der Waals surface area contributed by atoms with Gasteiger partial charge in [-0.3, -0.25) is 5.10 Å². The molecule has 0 spiro atoms. The summed E-state index contributed by atoms with van der Waals surface area (Å²) < 4.78 is 0. The maximum Gasteiger partial charge on any atom is 0.0573 e. The highest BCUT2D eigenvalue weighted by Gasteiger charge is 1.96. The molecular formula is C7H5N2S. The van der Waals surface area contributed by atoms with Crippen LogP contribution in [0, 0.1) is 6.07 Å². The van der Waals surface area contributed by atoms with Crippen LogP contribution in [0.25, 0.3) is 10.4 Å². The normalized spacial score (nSPS) is 10.0. The van der Waals surface area contributed by atoms with Crippen molar-refractivity contribution in [2.24, 2.45) is 0 Å². The van der Waals surface area contributed by atoms with Gasteiger partial charge in [-0.2, -0.15) is 5.10 Å². The highest BCUT2D eigenvalue weighted by molar-refractivity contribution is 7.13. The van der Waals surface area contributed by atoms with Gasteiger partial charge in [0.1, 0.15) is 0 Å². The van der Waals surface area contributed by atoms with Gasteiger partial charge >= 0.3 is 0 Å². The standard InChI is InChI=1S/C7H5N2S/c1-2-7(10-3-1)6-4-8-9-5-6/h2-5H,(H,8,9). The average Bonchev–Trinajstić information content (AvgIpc) is 2.59. The van der Waals surface area contributed by atoms with E-state index in [1.165, 1.54) is 4.88 Å². The van der Waals surface area contributed by atoms with Crippen LogP contribution in [0.2, 0.25) is 0 Å². The Kier molecular flexibility index (Phi) is 1.29. The average molecular weight is 149 g/mol. The number of hydrogen-bond donors (Lipinski definition) is 1. The third-order valence-corrected chi connectivity index (χ3v) is 2.11. The Hall–Kier alpha value is -1.09. The van der Waals surface area contributed by atoms with Crippen LogP contribution in [0.1, 0.15) is 0 Å². The summed E-state index contributed by atoms with van der Waals surface area (Å²) in [5.41, 5.74) is 1.13. The van der Waals surface area contributed by atoms with Gasteiger partial charge in [0.2, 0.25) is 0 Å². The lowest BCUT2D eigenvalue weighted by atomic mass is 10.3. The minimum absolute atomic E-state index is 1.13. The van der Waals surface area contributed by atoms with E-state index in [1.807, 2.05) is 17.6 Å². The first-order valence-electron chi connectivity index (χ1n) is 2.90. The third-order valence-electron chi connectivity index (χ3n) is 1.25. The van der Waals surface area contributed by atoms with E-state index < -0.39 is 0 Å². The van der Waals surface area contributed by atoms with E-state index >= 15 is 0 Å². The van der Waals surface area contributed by atoms with Crippen molar-refractivity contribution in [2.45, 2.75) is 0 Å². The van der Waals surface area contributed by atoms with Gasteiger partial charge in [0, 0.05) is 16.6 Å². The zero-order valence-corrected chi connectivity index (χ0v) is 5.98. The second kappa shape index (κ2) is 2.27. The second-order valence-electron chi connectivity index (χ2n) is 1.90. The third kappa shape index (κ3) is 0.844. The summed E-state index contributed by atoms with van der Waals surface area (Å²) in [6.45, 7) is 0. The fourth-order valence-electron chi connectivity index (χ4n) is 0.778. The zero-order chi connectivity index (χ0) is 6.81. The van der Waals surface area contributed by atoms with Crippen molar-refractivity contribution in [3.8, 4) is 10.4 Å². The van der Waals surface area contributed by atoms with Crippen molar-refractivity contribution in [1.82, 2.24) is 10.2 Å². The molecule has 2 nitrogen and oxygen atoms in total. The summed E-state index contributed by atoms with van der Waals surface area (Å²) in [6.07, 6.45) is 3.68.